The highest BCUT2D eigenvalue weighted by molar-refractivity contribution is 7.13. The Balaban J connectivity index is 1.53. The van der Waals surface area contributed by atoms with E-state index in [-0.39, 0.29) is 17.1 Å². The summed E-state index contributed by atoms with van der Waals surface area (Å²) in [5.74, 6) is 0.491. The Kier molecular flexibility index (Phi) is 5.96. The van der Waals surface area contributed by atoms with E-state index >= 15 is 0 Å². The van der Waals surface area contributed by atoms with Crippen molar-refractivity contribution in [2.45, 2.75) is 38.6 Å². The van der Waals surface area contributed by atoms with Gasteiger partial charge in [0, 0.05) is 11.6 Å². The Hall–Kier alpha value is -3.45. The van der Waals surface area contributed by atoms with E-state index in [2.05, 4.69) is 11.9 Å². The number of amides is 1. The maximum Gasteiger partial charge on any atom is 0.297 e. The third-order valence-corrected chi connectivity index (χ3v) is 6.64. The number of thiazole rings is 1. The number of fused-ring (bicyclic) bond motifs is 2. The summed E-state index contributed by atoms with van der Waals surface area (Å²) in [4.78, 5) is 32.8. The largest absolute Gasteiger partial charge is 0.494 e. The third kappa shape index (κ3) is 3.93. The molecule has 2 aromatic heterocycles. The Bertz CT molecular complexity index is 1330. The lowest BCUT2D eigenvalue weighted by Gasteiger charge is -2.22. The summed E-state index contributed by atoms with van der Waals surface area (Å²) in [6.45, 7) is 2.86. The average molecular weight is 461 g/mol. The minimum atomic E-state index is -0.613. The van der Waals surface area contributed by atoms with Gasteiger partial charge in [-0.05, 0) is 36.2 Å². The van der Waals surface area contributed by atoms with E-state index < -0.39 is 6.04 Å². The van der Waals surface area contributed by atoms with Crippen molar-refractivity contribution in [2.24, 2.45) is 0 Å². The van der Waals surface area contributed by atoms with Gasteiger partial charge in [0.05, 0.1) is 23.6 Å². The molecule has 1 amide bonds. The average Bonchev–Trinajstić information content (AvgIpc) is 3.46. The number of hydrogen-bond acceptors (Lipinski definition) is 6. The molecule has 1 atom stereocenters. The van der Waals surface area contributed by atoms with Gasteiger partial charge >= 0.3 is 0 Å². The van der Waals surface area contributed by atoms with Crippen LogP contribution in [0.3, 0.4) is 0 Å². The molecule has 7 heteroatoms. The summed E-state index contributed by atoms with van der Waals surface area (Å²) >= 11 is 1.35. The fourth-order valence-corrected chi connectivity index (χ4v) is 4.90. The predicted molar refractivity (Wildman–Crippen MR) is 129 cm³/mol. The Morgan fingerprint density at radius 3 is 2.64 bits per heavy atom. The molecule has 0 fully saturated rings. The number of anilines is 1. The SMILES string of the molecule is CCCCCCOc1ccc(C2c3c(oc4ccccc4c3=O)C(=O)N2c2nccs2)cc1. The Morgan fingerprint density at radius 1 is 1.06 bits per heavy atom. The van der Waals surface area contributed by atoms with Gasteiger partial charge in [0.2, 0.25) is 5.76 Å². The molecule has 168 valence electrons. The highest BCUT2D eigenvalue weighted by Crippen LogP contribution is 2.42. The van der Waals surface area contributed by atoms with Gasteiger partial charge in [0.15, 0.2) is 10.6 Å². The number of carbonyl (C=O) groups excluding carboxylic acids is 1. The minimum Gasteiger partial charge on any atom is -0.494 e. The number of para-hydroxylation sites is 1. The van der Waals surface area contributed by atoms with E-state index in [9.17, 15) is 9.59 Å². The number of rotatable bonds is 8. The molecule has 6 nitrogen and oxygen atoms in total. The minimum absolute atomic E-state index is 0.0788. The zero-order valence-corrected chi connectivity index (χ0v) is 19.1. The monoisotopic (exact) mass is 460 g/mol. The molecule has 0 radical (unpaired) electrons. The lowest BCUT2D eigenvalue weighted by molar-refractivity contribution is 0.0971. The van der Waals surface area contributed by atoms with Crippen molar-refractivity contribution >= 4 is 33.3 Å². The van der Waals surface area contributed by atoms with Crippen LogP contribution in [0.5, 0.6) is 5.75 Å². The number of unbranched alkanes of at least 4 members (excludes halogenated alkanes) is 3. The number of aromatic nitrogens is 1. The molecule has 0 N–H and O–H groups in total. The van der Waals surface area contributed by atoms with Gasteiger partial charge in [-0.15, -0.1) is 11.3 Å². The molecule has 1 aliphatic heterocycles. The van der Waals surface area contributed by atoms with E-state index in [1.807, 2.05) is 29.6 Å². The van der Waals surface area contributed by atoms with Crippen LogP contribution >= 0.6 is 11.3 Å². The number of hydrogen-bond donors (Lipinski definition) is 0. The van der Waals surface area contributed by atoms with Crippen LogP contribution in [0.1, 0.15) is 60.3 Å². The second kappa shape index (κ2) is 9.19. The van der Waals surface area contributed by atoms with Gasteiger partial charge < -0.3 is 9.15 Å². The van der Waals surface area contributed by atoms with Crippen molar-refractivity contribution in [1.82, 2.24) is 4.98 Å². The van der Waals surface area contributed by atoms with Crippen LogP contribution in [0.4, 0.5) is 5.13 Å². The molecule has 3 heterocycles. The normalized spacial score (nSPS) is 15.2. The summed E-state index contributed by atoms with van der Waals surface area (Å²) in [5.41, 5.74) is 1.36. The van der Waals surface area contributed by atoms with Crippen LogP contribution in [0.15, 0.2) is 69.3 Å². The van der Waals surface area contributed by atoms with Crippen molar-refractivity contribution in [1.29, 1.82) is 0 Å². The first-order valence-electron chi connectivity index (χ1n) is 11.2. The van der Waals surface area contributed by atoms with Gasteiger partial charge in [0.25, 0.3) is 5.91 Å². The topological polar surface area (TPSA) is 72.6 Å². The fraction of sp³-hybridized carbons (Fsp3) is 0.269. The lowest BCUT2D eigenvalue weighted by Crippen LogP contribution is -2.29. The molecule has 0 saturated carbocycles. The Morgan fingerprint density at radius 2 is 1.88 bits per heavy atom. The molecule has 0 spiro atoms. The smallest absolute Gasteiger partial charge is 0.297 e. The predicted octanol–water partition coefficient (Wildman–Crippen LogP) is 5.96. The third-order valence-electron chi connectivity index (χ3n) is 5.87. The van der Waals surface area contributed by atoms with Crippen molar-refractivity contribution < 1.29 is 13.9 Å². The van der Waals surface area contributed by atoms with Gasteiger partial charge in [-0.1, -0.05) is 50.5 Å². The van der Waals surface area contributed by atoms with Gasteiger partial charge in [0.1, 0.15) is 11.3 Å². The summed E-state index contributed by atoms with van der Waals surface area (Å²) in [7, 11) is 0. The van der Waals surface area contributed by atoms with E-state index in [0.717, 1.165) is 24.2 Å². The zero-order chi connectivity index (χ0) is 22.8. The number of ether oxygens (including phenoxy) is 1. The number of benzene rings is 2. The quantitative estimate of drug-likeness (QED) is 0.304. The van der Waals surface area contributed by atoms with Crippen LogP contribution in [0, 0.1) is 0 Å². The first-order chi connectivity index (χ1) is 16.2. The van der Waals surface area contributed by atoms with Crippen molar-refractivity contribution in [3.63, 3.8) is 0 Å². The summed E-state index contributed by atoms with van der Waals surface area (Å²) in [5, 5.41) is 2.79. The molecule has 4 aromatic rings. The second-order valence-electron chi connectivity index (χ2n) is 8.04. The highest BCUT2D eigenvalue weighted by atomic mass is 32.1. The molecular weight excluding hydrogens is 436 g/mol. The molecule has 0 aliphatic carbocycles. The van der Waals surface area contributed by atoms with E-state index in [1.54, 1.807) is 35.4 Å². The molecule has 1 unspecified atom stereocenters. The van der Waals surface area contributed by atoms with Crippen LogP contribution in [0.2, 0.25) is 0 Å². The van der Waals surface area contributed by atoms with Crippen molar-refractivity contribution in [2.75, 3.05) is 11.5 Å². The maximum atomic E-state index is 13.5. The van der Waals surface area contributed by atoms with E-state index in [0.29, 0.717) is 28.3 Å². The summed E-state index contributed by atoms with van der Waals surface area (Å²) < 4.78 is 11.8. The molecule has 0 saturated heterocycles. The second-order valence-corrected chi connectivity index (χ2v) is 8.91. The number of nitrogens with zero attached hydrogens (tertiary/aromatic N) is 2. The van der Waals surface area contributed by atoms with Gasteiger partial charge in [-0.2, -0.15) is 0 Å². The van der Waals surface area contributed by atoms with Gasteiger partial charge in [-0.3, -0.25) is 14.5 Å². The maximum absolute atomic E-state index is 13.5. The molecular formula is C26H24N2O4S. The first kappa shape index (κ1) is 21.4. The van der Waals surface area contributed by atoms with Gasteiger partial charge in [-0.25, -0.2) is 4.98 Å². The zero-order valence-electron chi connectivity index (χ0n) is 18.3. The van der Waals surface area contributed by atoms with Crippen LogP contribution < -0.4 is 15.1 Å². The molecule has 33 heavy (non-hydrogen) atoms. The Labute approximate surface area is 195 Å². The summed E-state index contributed by atoms with van der Waals surface area (Å²) in [6.07, 6.45) is 6.22. The summed E-state index contributed by atoms with van der Waals surface area (Å²) in [6, 6.07) is 14.0. The molecule has 5 rings (SSSR count). The lowest BCUT2D eigenvalue weighted by atomic mass is 9.98. The first-order valence-corrected chi connectivity index (χ1v) is 12.1. The van der Waals surface area contributed by atoms with E-state index in [4.69, 9.17) is 9.15 Å². The molecule has 0 bridgehead atoms. The van der Waals surface area contributed by atoms with Crippen LogP contribution in [-0.4, -0.2) is 17.5 Å². The van der Waals surface area contributed by atoms with E-state index in [1.165, 1.54) is 24.2 Å². The van der Waals surface area contributed by atoms with Crippen LogP contribution in [0.25, 0.3) is 11.0 Å². The van der Waals surface area contributed by atoms with Crippen LogP contribution in [-0.2, 0) is 0 Å². The highest BCUT2D eigenvalue weighted by Gasteiger charge is 2.44. The van der Waals surface area contributed by atoms with Crippen molar-refractivity contribution in [3.05, 3.63) is 87.2 Å². The fourth-order valence-electron chi connectivity index (χ4n) is 4.23. The molecule has 2 aromatic carbocycles. The molecule has 1 aliphatic rings. The van der Waals surface area contributed by atoms with Crippen molar-refractivity contribution in [3.8, 4) is 5.75 Å². The number of carbonyl (C=O) groups is 1. The standard InChI is InChI=1S/C26H24N2O4S/c1-2-3-4-7-15-31-18-12-10-17(11-13-18)22-21-23(29)19-8-5-6-9-20(19)32-24(21)25(30)28(22)26-27-14-16-33-26/h5-6,8-14,16,22H,2-4,7,15H2,1H3.